The Kier molecular flexibility index (Phi) is 6.37. The van der Waals surface area contributed by atoms with Crippen molar-refractivity contribution in [2.24, 2.45) is 0 Å². The van der Waals surface area contributed by atoms with Crippen LogP contribution in [-0.2, 0) is 9.47 Å². The van der Waals surface area contributed by atoms with Crippen LogP contribution < -0.4 is 5.32 Å². The van der Waals surface area contributed by atoms with Gasteiger partial charge in [-0.2, -0.15) is 0 Å². The minimum atomic E-state index is -0.657. The molecule has 122 valence electrons. The first kappa shape index (κ1) is 18.4. The van der Waals surface area contributed by atoms with Crippen molar-refractivity contribution < 1.29 is 24.2 Å². The third-order valence-corrected chi connectivity index (χ3v) is 3.36. The molecule has 0 bridgehead atoms. The molecular weight excluding hydrogens is 354 g/mol. The van der Waals surface area contributed by atoms with E-state index in [1.54, 1.807) is 39.0 Å². The lowest BCUT2D eigenvalue weighted by Crippen LogP contribution is -2.36. The van der Waals surface area contributed by atoms with Gasteiger partial charge in [0.1, 0.15) is 5.60 Å². The third-order valence-electron chi connectivity index (χ3n) is 2.67. The zero-order valence-corrected chi connectivity index (χ0v) is 14.6. The van der Waals surface area contributed by atoms with E-state index in [1.807, 2.05) is 0 Å². The average molecular weight is 374 g/mol. The van der Waals surface area contributed by atoms with Crippen molar-refractivity contribution in [1.29, 1.82) is 0 Å². The van der Waals surface area contributed by atoms with Gasteiger partial charge in [0.15, 0.2) is 0 Å². The predicted molar refractivity (Wildman–Crippen MR) is 84.7 cm³/mol. The van der Waals surface area contributed by atoms with E-state index in [0.29, 0.717) is 15.6 Å². The molecule has 0 aliphatic heterocycles. The van der Waals surface area contributed by atoms with E-state index < -0.39 is 23.7 Å². The minimum Gasteiger partial charge on any atom is -0.465 e. The number of esters is 1. The molecule has 1 aromatic rings. The molecule has 2 N–H and O–H groups in total. The van der Waals surface area contributed by atoms with Gasteiger partial charge in [0.2, 0.25) is 0 Å². The largest absolute Gasteiger partial charge is 0.465 e. The minimum absolute atomic E-state index is 0.310. The second kappa shape index (κ2) is 7.60. The Morgan fingerprint density at radius 2 is 2.00 bits per heavy atom. The van der Waals surface area contributed by atoms with Gasteiger partial charge in [-0.15, -0.1) is 0 Å². The number of benzene rings is 1. The lowest BCUT2D eigenvalue weighted by atomic mass is 10.1. The Hall–Kier alpha value is -1.60. The van der Waals surface area contributed by atoms with Crippen LogP contribution in [0.25, 0.3) is 0 Å². The molecule has 0 aliphatic carbocycles. The van der Waals surface area contributed by atoms with Crippen molar-refractivity contribution in [2.45, 2.75) is 32.4 Å². The second-order valence-corrected chi connectivity index (χ2v) is 6.46. The fourth-order valence-corrected chi connectivity index (χ4v) is 2.38. The number of carbonyl (C=O) groups is 2. The number of aliphatic hydroxyl groups excluding tert-OH is 1. The Bertz CT molecular complexity index is 553. The van der Waals surface area contributed by atoms with Crippen LogP contribution in [0.5, 0.6) is 0 Å². The molecule has 0 heterocycles. The van der Waals surface area contributed by atoms with Gasteiger partial charge in [-0.25, -0.2) is 9.59 Å². The predicted octanol–water partition coefficient (Wildman–Crippen LogP) is 2.79. The van der Waals surface area contributed by atoms with Crippen LogP contribution in [0.4, 0.5) is 4.79 Å². The van der Waals surface area contributed by atoms with Gasteiger partial charge in [-0.05, 0) is 38.5 Å². The fraction of sp³-hybridized carbons (Fsp3) is 0.467. The lowest BCUT2D eigenvalue weighted by Gasteiger charge is -2.23. The second-order valence-electron chi connectivity index (χ2n) is 5.61. The number of rotatable bonds is 4. The molecule has 22 heavy (non-hydrogen) atoms. The summed E-state index contributed by atoms with van der Waals surface area (Å²) in [5.74, 6) is -0.465. The topological polar surface area (TPSA) is 84.9 Å². The highest BCUT2D eigenvalue weighted by atomic mass is 79.9. The van der Waals surface area contributed by atoms with Crippen molar-refractivity contribution in [3.63, 3.8) is 0 Å². The molecule has 7 heteroatoms. The maximum Gasteiger partial charge on any atom is 0.408 e. The molecule has 0 aliphatic rings. The third kappa shape index (κ3) is 5.31. The fourth-order valence-electron chi connectivity index (χ4n) is 1.73. The normalized spacial score (nSPS) is 12.5. The van der Waals surface area contributed by atoms with E-state index >= 15 is 0 Å². The summed E-state index contributed by atoms with van der Waals surface area (Å²) in [7, 11) is 1.30. The van der Waals surface area contributed by atoms with Crippen LogP contribution in [0.15, 0.2) is 22.7 Å². The smallest absolute Gasteiger partial charge is 0.408 e. The number of hydrogen-bond donors (Lipinski definition) is 2. The van der Waals surface area contributed by atoms with Crippen LogP contribution in [-0.4, -0.2) is 36.5 Å². The van der Waals surface area contributed by atoms with Crippen LogP contribution in [0.3, 0.4) is 0 Å². The molecule has 1 atom stereocenters. The number of aliphatic hydroxyl groups is 1. The number of alkyl carbamates (subject to hydrolysis) is 1. The molecule has 0 radical (unpaired) electrons. The molecule has 0 aromatic heterocycles. The molecule has 0 unspecified atom stereocenters. The van der Waals surface area contributed by atoms with Gasteiger partial charge in [-0.1, -0.05) is 22.0 Å². The quantitative estimate of drug-likeness (QED) is 0.792. The maximum absolute atomic E-state index is 11.8. The Balaban J connectivity index is 2.91. The van der Waals surface area contributed by atoms with E-state index in [-0.39, 0.29) is 6.61 Å². The average Bonchev–Trinajstić information content (AvgIpc) is 2.42. The molecule has 0 fully saturated rings. The zero-order valence-electron chi connectivity index (χ0n) is 13.0. The summed E-state index contributed by atoms with van der Waals surface area (Å²) in [6.07, 6.45) is -0.629. The molecule has 1 amide bonds. The van der Waals surface area contributed by atoms with Gasteiger partial charge < -0.3 is 19.9 Å². The monoisotopic (exact) mass is 373 g/mol. The maximum atomic E-state index is 11.8. The van der Waals surface area contributed by atoms with Crippen molar-refractivity contribution in [3.05, 3.63) is 33.8 Å². The van der Waals surface area contributed by atoms with E-state index in [9.17, 15) is 14.7 Å². The molecule has 0 saturated carbocycles. The first-order valence-corrected chi connectivity index (χ1v) is 7.45. The number of methoxy groups -OCH3 is 1. The number of ether oxygens (including phenoxy) is 2. The van der Waals surface area contributed by atoms with Crippen molar-refractivity contribution >= 4 is 28.0 Å². The SMILES string of the molecule is COC(=O)c1ccc([C@H](CO)NC(=O)OC(C)(C)C)c(Br)c1. The number of carbonyl (C=O) groups excluding carboxylic acids is 2. The van der Waals surface area contributed by atoms with Gasteiger partial charge >= 0.3 is 12.1 Å². The van der Waals surface area contributed by atoms with E-state index in [2.05, 4.69) is 26.0 Å². The summed E-state index contributed by atoms with van der Waals surface area (Å²) in [6.45, 7) is 4.94. The Morgan fingerprint density at radius 1 is 1.36 bits per heavy atom. The van der Waals surface area contributed by atoms with Crippen molar-refractivity contribution in [2.75, 3.05) is 13.7 Å². The van der Waals surface area contributed by atoms with Gasteiger partial charge in [0.05, 0.1) is 25.3 Å². The van der Waals surface area contributed by atoms with Crippen molar-refractivity contribution in [3.8, 4) is 0 Å². The van der Waals surface area contributed by atoms with Gasteiger partial charge in [0.25, 0.3) is 0 Å². The summed E-state index contributed by atoms with van der Waals surface area (Å²) in [4.78, 5) is 23.3. The standard InChI is InChI=1S/C15H20BrNO5/c1-15(2,3)22-14(20)17-12(8-18)10-6-5-9(7-11(10)16)13(19)21-4/h5-7,12,18H,8H2,1-4H3,(H,17,20)/t12-/m0/s1. The number of hydrogen-bond acceptors (Lipinski definition) is 5. The van der Waals surface area contributed by atoms with E-state index in [0.717, 1.165) is 0 Å². The molecule has 6 nitrogen and oxygen atoms in total. The van der Waals surface area contributed by atoms with Crippen LogP contribution >= 0.6 is 15.9 Å². The first-order valence-electron chi connectivity index (χ1n) is 6.66. The summed E-state index contributed by atoms with van der Waals surface area (Å²) in [5, 5.41) is 12.1. The van der Waals surface area contributed by atoms with Crippen LogP contribution in [0.1, 0.15) is 42.7 Å². The highest BCUT2D eigenvalue weighted by molar-refractivity contribution is 9.10. The number of halogens is 1. The Morgan fingerprint density at radius 3 is 2.45 bits per heavy atom. The summed E-state index contributed by atoms with van der Waals surface area (Å²) in [6, 6.07) is 4.11. The first-order chi connectivity index (χ1) is 10.2. The van der Waals surface area contributed by atoms with Crippen LogP contribution in [0, 0.1) is 0 Å². The summed E-state index contributed by atoms with van der Waals surface area (Å²) in [5.41, 5.74) is 0.365. The van der Waals surface area contributed by atoms with Crippen molar-refractivity contribution in [1.82, 2.24) is 5.32 Å². The number of amides is 1. The number of nitrogens with one attached hydrogen (secondary N) is 1. The lowest BCUT2D eigenvalue weighted by molar-refractivity contribution is 0.0480. The van der Waals surface area contributed by atoms with Crippen LogP contribution in [0.2, 0.25) is 0 Å². The Labute approximate surface area is 137 Å². The summed E-state index contributed by atoms with van der Waals surface area (Å²) >= 11 is 3.33. The molecule has 1 rings (SSSR count). The van der Waals surface area contributed by atoms with E-state index in [4.69, 9.17) is 4.74 Å². The zero-order chi connectivity index (χ0) is 16.9. The van der Waals surface area contributed by atoms with E-state index in [1.165, 1.54) is 7.11 Å². The molecule has 1 aromatic carbocycles. The summed E-state index contributed by atoms with van der Waals surface area (Å²) < 4.78 is 10.4. The van der Waals surface area contributed by atoms with Gasteiger partial charge in [-0.3, -0.25) is 0 Å². The molecular formula is C15H20BrNO5. The highest BCUT2D eigenvalue weighted by Gasteiger charge is 2.22. The van der Waals surface area contributed by atoms with Gasteiger partial charge in [0, 0.05) is 4.47 Å². The molecule has 0 saturated heterocycles. The molecule has 0 spiro atoms. The highest BCUT2D eigenvalue weighted by Crippen LogP contribution is 2.25.